The Balaban J connectivity index is 2.02. The Labute approximate surface area is 196 Å². The van der Waals surface area contributed by atoms with Crippen molar-refractivity contribution in [3.05, 3.63) is 10.4 Å². The number of rotatable bonds is 12. The Hall–Kier alpha value is -1.44. The molecule has 0 aliphatic carbocycles. The fourth-order valence-corrected chi connectivity index (χ4v) is 3.97. The van der Waals surface area contributed by atoms with Gasteiger partial charge in [-0.15, -0.1) is 5.01 Å². The lowest BCUT2D eigenvalue weighted by molar-refractivity contribution is -0.690. The highest BCUT2D eigenvalue weighted by Gasteiger charge is 2.50. The monoisotopic (exact) mass is 499 g/mol. The van der Waals surface area contributed by atoms with Gasteiger partial charge in [-0.25, -0.2) is 0 Å². The van der Waals surface area contributed by atoms with E-state index in [9.17, 15) is 35.9 Å². The lowest BCUT2D eigenvalue weighted by atomic mass is 9.95. The highest BCUT2D eigenvalue weighted by molar-refractivity contribution is 4.95. The molecule has 16 nitrogen and oxygen atoms in total. The molecule has 10 atom stereocenters. The fraction of sp³-hybridized carbons (Fsp3) is 1.00. The maximum absolute atomic E-state index is 11.4. The Morgan fingerprint density at radius 1 is 1.00 bits per heavy atom. The van der Waals surface area contributed by atoms with Gasteiger partial charge in [0, 0.05) is 25.2 Å². The zero-order valence-electron chi connectivity index (χ0n) is 19.0. The van der Waals surface area contributed by atoms with Gasteiger partial charge in [-0.3, -0.25) is 0 Å². The van der Waals surface area contributed by atoms with Crippen LogP contribution in [0, 0.1) is 10.4 Å². The van der Waals surface area contributed by atoms with Crippen molar-refractivity contribution in [1.82, 2.24) is 10.3 Å². The summed E-state index contributed by atoms with van der Waals surface area (Å²) in [5.74, 6) is 0. The molecule has 0 aromatic carbocycles. The molecule has 2 rings (SSSR count). The first kappa shape index (κ1) is 28.8. The van der Waals surface area contributed by atoms with E-state index in [4.69, 9.17) is 24.1 Å². The molecule has 2 unspecified atom stereocenters. The first-order valence-electron chi connectivity index (χ1n) is 10.9. The van der Waals surface area contributed by atoms with Crippen LogP contribution in [0.5, 0.6) is 0 Å². The number of methoxy groups -OCH3 is 1. The van der Waals surface area contributed by atoms with Crippen molar-refractivity contribution in [2.45, 2.75) is 68.1 Å². The Morgan fingerprint density at radius 2 is 1.68 bits per heavy atom. The summed E-state index contributed by atoms with van der Waals surface area (Å²) < 4.78 is 22.1. The molecule has 0 aromatic rings. The molecular formula is C18H35N4O12-. The number of aliphatic hydroxyl groups is 6. The number of nitrogens with one attached hydrogen (secondary N) is 1. The number of hydrazine groups is 1. The standard InChI is InChI=1S/C18H36N4O12/c1-9-12(25)13(26)17(11(8-24)32-9)34-18-15(28)14(27)16(31-2)10(33-18)7-19-3-4-21(5-6-23)22(30)20-29/h9-19,23-29H,3-8H2,1-2H3/p-1/b22-20-/t9-,10-,11-,12+,13-,14-,15-,16?,17?,18-/m1/s1. The normalized spacial score (nSPS) is 39.2. The maximum Gasteiger partial charge on any atom is 0.187 e. The minimum atomic E-state index is -1.59. The summed E-state index contributed by atoms with van der Waals surface area (Å²) in [6.45, 7) is 0.731. The number of aliphatic hydroxyl groups excluding tert-OH is 6. The average Bonchev–Trinajstić information content (AvgIpc) is 2.83. The molecule has 0 saturated carbocycles. The van der Waals surface area contributed by atoms with Gasteiger partial charge in [0.15, 0.2) is 6.29 Å². The minimum Gasteiger partial charge on any atom is -0.737 e. The van der Waals surface area contributed by atoms with Gasteiger partial charge in [-0.2, -0.15) is 0 Å². The van der Waals surface area contributed by atoms with Crippen molar-refractivity contribution in [3.8, 4) is 0 Å². The zero-order valence-corrected chi connectivity index (χ0v) is 19.0. The van der Waals surface area contributed by atoms with E-state index in [1.165, 1.54) is 14.0 Å². The van der Waals surface area contributed by atoms with Gasteiger partial charge in [0.25, 0.3) is 0 Å². The van der Waals surface area contributed by atoms with Crippen molar-refractivity contribution >= 4 is 0 Å². The van der Waals surface area contributed by atoms with Crippen LogP contribution in [0.2, 0.25) is 0 Å². The molecule has 0 amide bonds. The molecular weight excluding hydrogens is 464 g/mol. The van der Waals surface area contributed by atoms with Crippen molar-refractivity contribution in [3.63, 3.8) is 0 Å². The van der Waals surface area contributed by atoms with Crippen LogP contribution in [0.1, 0.15) is 6.92 Å². The van der Waals surface area contributed by atoms with Crippen LogP contribution in [0.15, 0.2) is 5.28 Å². The van der Waals surface area contributed by atoms with Crippen LogP contribution >= 0.6 is 0 Å². The third kappa shape index (κ3) is 6.82. The molecule has 34 heavy (non-hydrogen) atoms. The van der Waals surface area contributed by atoms with Crippen LogP contribution < -0.4 is 5.32 Å². The number of ether oxygens (including phenoxy) is 4. The summed E-state index contributed by atoms with van der Waals surface area (Å²) in [7, 11) is 1.31. The van der Waals surface area contributed by atoms with Gasteiger partial charge in [-0.05, 0) is 12.2 Å². The Bertz CT molecular complexity index is 632. The molecule has 200 valence electrons. The number of hydrogen-bond acceptors (Lipinski definition) is 14. The van der Waals surface area contributed by atoms with Crippen molar-refractivity contribution in [1.29, 1.82) is 0 Å². The van der Waals surface area contributed by atoms with Crippen molar-refractivity contribution in [2.75, 3.05) is 46.5 Å². The lowest BCUT2D eigenvalue weighted by Crippen LogP contribution is -2.65. The Morgan fingerprint density at radius 3 is 2.26 bits per heavy atom. The fourth-order valence-electron chi connectivity index (χ4n) is 3.97. The molecule has 7 N–H and O–H groups in total. The SMILES string of the molecule is COC1[C@@H](CNCCN(CCO)/[N+]([O-])=N/[O-])O[C@H](OC2[C@@H](CO)O[C@H](C)[C@H](O)[C@H]2O)[C@H](O)[C@H]1O. The van der Waals surface area contributed by atoms with Gasteiger partial charge < -0.3 is 65.3 Å². The molecule has 16 heteroatoms. The van der Waals surface area contributed by atoms with Crippen LogP contribution in [0.4, 0.5) is 0 Å². The van der Waals surface area contributed by atoms with E-state index in [0.717, 1.165) is 5.01 Å². The van der Waals surface area contributed by atoms with Gasteiger partial charge in [-0.1, -0.05) is 0 Å². The van der Waals surface area contributed by atoms with E-state index in [1.807, 2.05) is 0 Å². The predicted octanol–water partition coefficient (Wildman–Crippen LogP) is -4.41. The van der Waals surface area contributed by atoms with E-state index in [1.54, 1.807) is 0 Å². The lowest BCUT2D eigenvalue weighted by Gasteiger charge is -2.46. The minimum absolute atomic E-state index is 0.0190. The van der Waals surface area contributed by atoms with E-state index in [-0.39, 0.29) is 37.8 Å². The predicted molar refractivity (Wildman–Crippen MR) is 111 cm³/mol. The first-order valence-corrected chi connectivity index (χ1v) is 10.9. The largest absolute Gasteiger partial charge is 0.737 e. The molecule has 2 aliphatic rings. The molecule has 2 saturated heterocycles. The topological polar surface area (TPSA) is 235 Å². The summed E-state index contributed by atoms with van der Waals surface area (Å²) in [6.07, 6.45) is -12.2. The molecule has 2 fully saturated rings. The second-order valence-electron chi connectivity index (χ2n) is 8.08. The summed E-state index contributed by atoms with van der Waals surface area (Å²) in [6, 6.07) is 0. The van der Waals surface area contributed by atoms with Gasteiger partial charge in [0.1, 0.15) is 48.8 Å². The van der Waals surface area contributed by atoms with Crippen LogP contribution in [-0.4, -0.2) is 148 Å². The molecule has 0 spiro atoms. The number of nitrogens with zero attached hydrogens (tertiary/aromatic N) is 3. The van der Waals surface area contributed by atoms with E-state index in [2.05, 4.69) is 10.6 Å². The molecule has 0 bridgehead atoms. The second-order valence-corrected chi connectivity index (χ2v) is 8.08. The summed E-state index contributed by atoms with van der Waals surface area (Å²) in [5, 5.41) is 88.0. The van der Waals surface area contributed by atoms with E-state index >= 15 is 0 Å². The molecule has 2 heterocycles. The first-order chi connectivity index (χ1) is 16.2. The highest BCUT2D eigenvalue weighted by Crippen LogP contribution is 2.29. The summed E-state index contributed by atoms with van der Waals surface area (Å²) >= 11 is 0. The van der Waals surface area contributed by atoms with Crippen LogP contribution in [0.3, 0.4) is 0 Å². The molecule has 0 aromatic heterocycles. The average molecular weight is 499 g/mol. The highest BCUT2D eigenvalue weighted by atomic mass is 16.7. The third-order valence-electron chi connectivity index (χ3n) is 5.87. The summed E-state index contributed by atoms with van der Waals surface area (Å²) in [5.41, 5.74) is 0. The van der Waals surface area contributed by atoms with Crippen LogP contribution in [0.25, 0.3) is 0 Å². The molecule has 0 radical (unpaired) electrons. The van der Waals surface area contributed by atoms with E-state index < -0.39 is 67.8 Å². The van der Waals surface area contributed by atoms with Crippen molar-refractivity contribution in [2.24, 2.45) is 5.28 Å². The van der Waals surface area contributed by atoms with Crippen molar-refractivity contribution < 1.29 is 54.6 Å². The third-order valence-corrected chi connectivity index (χ3v) is 5.87. The van der Waals surface area contributed by atoms with Crippen LogP contribution in [-0.2, 0) is 18.9 Å². The number of hydrogen-bond donors (Lipinski definition) is 7. The van der Waals surface area contributed by atoms with E-state index in [0.29, 0.717) is 0 Å². The summed E-state index contributed by atoms with van der Waals surface area (Å²) in [4.78, 5) is -0.179. The van der Waals surface area contributed by atoms with Gasteiger partial charge >= 0.3 is 0 Å². The van der Waals surface area contributed by atoms with Gasteiger partial charge in [0.05, 0.1) is 32.4 Å². The smallest absolute Gasteiger partial charge is 0.187 e. The maximum atomic E-state index is 11.4. The van der Waals surface area contributed by atoms with Gasteiger partial charge in [0.2, 0.25) is 0 Å². The second kappa shape index (κ2) is 13.6. The Kier molecular flexibility index (Phi) is 11.5. The molecule has 2 aliphatic heterocycles. The quantitative estimate of drug-likeness (QED) is 0.0581. The zero-order chi connectivity index (χ0) is 25.4.